The minimum atomic E-state index is -5.39. The highest BCUT2D eigenvalue weighted by Gasteiger charge is 2.43. The predicted octanol–water partition coefficient (Wildman–Crippen LogP) is 1.68. The molecule has 1 unspecified atom stereocenters. The first-order chi connectivity index (χ1) is 20.1. The normalized spacial score (nSPS) is 15.9. The lowest BCUT2D eigenvalue weighted by molar-refractivity contribution is -0.211. The summed E-state index contributed by atoms with van der Waals surface area (Å²) in [6, 6.07) is 7.95. The molecule has 2 aliphatic heterocycles. The van der Waals surface area contributed by atoms with E-state index in [2.05, 4.69) is 20.0 Å². The average molecular weight is 588 g/mol. The molecule has 0 aliphatic carbocycles. The molecule has 42 heavy (non-hydrogen) atoms. The summed E-state index contributed by atoms with van der Waals surface area (Å²) in [5.41, 5.74) is -0.0650. The molecule has 0 amide bonds. The zero-order chi connectivity index (χ0) is 29.6. The van der Waals surface area contributed by atoms with E-state index < -0.39 is 36.2 Å². The number of aryl methyl sites for hydroxylation is 1. The molecule has 2 aliphatic rings. The number of anilines is 1. The minimum Gasteiger partial charge on any atom is -0.488 e. The number of alkyl halides is 3. The first-order valence-electron chi connectivity index (χ1n) is 12.9. The zero-order valence-corrected chi connectivity index (χ0v) is 22.1. The Morgan fingerprint density at radius 1 is 1.19 bits per heavy atom. The number of hydrogen-bond donors (Lipinski definition) is 1. The summed E-state index contributed by atoms with van der Waals surface area (Å²) in [4.78, 5) is 50.2. The molecular weight excluding hydrogens is 563 g/mol. The molecule has 16 heteroatoms. The van der Waals surface area contributed by atoms with Gasteiger partial charge >= 0.3 is 17.8 Å². The number of imidazole rings is 1. The molecule has 0 saturated heterocycles. The standard InChI is InChI=1S/C26H24F3N7O6/c1-33-21-20(35(13-18-31-8-10-40-18)24(32-21)34-9-7-15-11-30-12-17(15)34)22(37)36(25(33)39)19(42-23(38)26(27,28)29)14-41-16-5-3-2-4-6-16/h2-6,8,10,19,30H,7,9,11-14H2,1H3. The topological polar surface area (TPSA) is 139 Å². The van der Waals surface area contributed by atoms with Crippen molar-refractivity contribution in [3.05, 3.63) is 80.8 Å². The van der Waals surface area contributed by atoms with Crippen LogP contribution >= 0.6 is 0 Å². The second-order valence-corrected chi connectivity index (χ2v) is 9.65. The van der Waals surface area contributed by atoms with Crippen LogP contribution in [-0.4, -0.2) is 62.1 Å². The number of benzene rings is 1. The van der Waals surface area contributed by atoms with Gasteiger partial charge in [0.1, 0.15) is 25.2 Å². The number of fused-ring (bicyclic) bond motifs is 1. The van der Waals surface area contributed by atoms with Gasteiger partial charge in [0.15, 0.2) is 11.2 Å². The molecule has 3 aromatic heterocycles. The monoisotopic (exact) mass is 587 g/mol. The number of nitrogens with one attached hydrogen (secondary N) is 1. The second kappa shape index (κ2) is 10.5. The highest BCUT2D eigenvalue weighted by atomic mass is 19.4. The number of para-hydroxylation sites is 1. The number of rotatable bonds is 8. The van der Waals surface area contributed by atoms with Gasteiger partial charge in [0.2, 0.25) is 18.1 Å². The Balaban J connectivity index is 1.52. The van der Waals surface area contributed by atoms with E-state index in [0.717, 1.165) is 16.7 Å². The van der Waals surface area contributed by atoms with Crippen LogP contribution in [0.1, 0.15) is 18.5 Å². The van der Waals surface area contributed by atoms with Gasteiger partial charge < -0.3 is 24.1 Å². The number of oxazole rings is 1. The molecular formula is C26H24F3N7O6. The molecule has 1 N–H and O–H groups in total. The van der Waals surface area contributed by atoms with Gasteiger partial charge in [0.05, 0.1) is 6.20 Å². The lowest BCUT2D eigenvalue weighted by Gasteiger charge is -2.22. The fourth-order valence-corrected chi connectivity index (χ4v) is 5.12. The van der Waals surface area contributed by atoms with Gasteiger partial charge in [-0.05, 0) is 24.1 Å². The van der Waals surface area contributed by atoms with Gasteiger partial charge in [-0.25, -0.2) is 19.1 Å². The van der Waals surface area contributed by atoms with Crippen molar-refractivity contribution in [3.63, 3.8) is 0 Å². The Morgan fingerprint density at radius 2 is 1.98 bits per heavy atom. The maximum absolute atomic E-state index is 14.1. The van der Waals surface area contributed by atoms with Crippen molar-refractivity contribution in [2.45, 2.75) is 25.4 Å². The van der Waals surface area contributed by atoms with Gasteiger partial charge in [0.25, 0.3) is 5.56 Å². The van der Waals surface area contributed by atoms with Gasteiger partial charge in [-0.1, -0.05) is 18.2 Å². The molecule has 13 nitrogen and oxygen atoms in total. The third-order valence-electron chi connectivity index (χ3n) is 7.08. The van der Waals surface area contributed by atoms with E-state index >= 15 is 0 Å². The quantitative estimate of drug-likeness (QED) is 0.303. The van der Waals surface area contributed by atoms with Crippen LogP contribution in [0.25, 0.3) is 11.2 Å². The van der Waals surface area contributed by atoms with Crippen molar-refractivity contribution >= 4 is 23.1 Å². The summed E-state index contributed by atoms with van der Waals surface area (Å²) in [6.45, 7) is 1.02. The number of carbonyl (C=O) groups excluding carboxylic acids is 1. The highest BCUT2D eigenvalue weighted by molar-refractivity contribution is 5.77. The summed E-state index contributed by atoms with van der Waals surface area (Å²) in [5.74, 6) is -1.82. The number of esters is 1. The smallest absolute Gasteiger partial charge is 0.488 e. The number of ether oxygens (including phenoxy) is 2. The van der Waals surface area contributed by atoms with Crippen LogP contribution in [0.5, 0.6) is 5.75 Å². The first-order valence-corrected chi connectivity index (χ1v) is 12.9. The molecule has 1 atom stereocenters. The highest BCUT2D eigenvalue weighted by Crippen LogP contribution is 2.32. The Hall–Kier alpha value is -4.86. The number of hydrogen-bond acceptors (Lipinski definition) is 10. The molecule has 0 radical (unpaired) electrons. The SMILES string of the molecule is Cn1c(=O)n(C(COc2ccccc2)OC(=O)C(F)(F)F)c(=O)c2c1nc(N1CCC3=C1CNC3)n2Cc1ncco1. The fourth-order valence-electron chi connectivity index (χ4n) is 5.12. The Labute approximate surface area is 234 Å². The molecule has 1 aromatic carbocycles. The van der Waals surface area contributed by atoms with Crippen LogP contribution < -0.4 is 26.2 Å². The molecule has 6 rings (SSSR count). The van der Waals surface area contributed by atoms with Crippen molar-refractivity contribution in [2.24, 2.45) is 7.05 Å². The molecule has 4 aromatic rings. The number of nitrogens with zero attached hydrogens (tertiary/aromatic N) is 6. The average Bonchev–Trinajstić information content (AvgIpc) is 3.76. The lowest BCUT2D eigenvalue weighted by Crippen LogP contribution is -2.46. The molecule has 5 heterocycles. The van der Waals surface area contributed by atoms with Crippen molar-refractivity contribution < 1.29 is 31.9 Å². The van der Waals surface area contributed by atoms with Crippen molar-refractivity contribution in [3.8, 4) is 5.75 Å². The van der Waals surface area contributed by atoms with Crippen LogP contribution in [-0.2, 0) is 23.1 Å². The summed E-state index contributed by atoms with van der Waals surface area (Å²) in [5, 5.41) is 3.28. The summed E-state index contributed by atoms with van der Waals surface area (Å²) in [7, 11) is 1.32. The van der Waals surface area contributed by atoms with Crippen LogP contribution in [0.3, 0.4) is 0 Å². The van der Waals surface area contributed by atoms with E-state index in [0.29, 0.717) is 30.1 Å². The molecule has 0 bridgehead atoms. The maximum Gasteiger partial charge on any atom is 0.491 e. The van der Waals surface area contributed by atoms with E-state index in [-0.39, 0.29) is 29.3 Å². The Kier molecular flexibility index (Phi) is 6.84. The fraction of sp³-hybridized carbons (Fsp3) is 0.346. The molecule has 0 spiro atoms. The van der Waals surface area contributed by atoms with E-state index in [9.17, 15) is 27.6 Å². The summed E-state index contributed by atoms with van der Waals surface area (Å²) in [6.07, 6.45) is -3.91. The van der Waals surface area contributed by atoms with Crippen LogP contribution in [0.2, 0.25) is 0 Å². The predicted molar refractivity (Wildman–Crippen MR) is 140 cm³/mol. The van der Waals surface area contributed by atoms with Crippen molar-refractivity contribution in [1.29, 1.82) is 0 Å². The van der Waals surface area contributed by atoms with Crippen LogP contribution in [0.15, 0.2) is 68.1 Å². The Morgan fingerprint density at radius 3 is 2.69 bits per heavy atom. The summed E-state index contributed by atoms with van der Waals surface area (Å²) < 4.78 is 58.3. The Bertz CT molecular complexity index is 1790. The molecule has 0 fully saturated rings. The third-order valence-corrected chi connectivity index (χ3v) is 7.08. The van der Waals surface area contributed by atoms with Crippen molar-refractivity contribution in [2.75, 3.05) is 31.1 Å². The first kappa shape index (κ1) is 27.3. The number of halogens is 3. The van der Waals surface area contributed by atoms with E-state index in [1.165, 1.54) is 41.8 Å². The van der Waals surface area contributed by atoms with E-state index in [1.807, 2.05) is 4.90 Å². The maximum atomic E-state index is 14.1. The lowest BCUT2D eigenvalue weighted by atomic mass is 10.2. The molecule has 220 valence electrons. The van der Waals surface area contributed by atoms with Crippen molar-refractivity contribution in [1.82, 2.24) is 29.0 Å². The molecule has 0 saturated carbocycles. The third kappa shape index (κ3) is 4.82. The van der Waals surface area contributed by atoms with Crippen LogP contribution in [0.4, 0.5) is 19.1 Å². The second-order valence-electron chi connectivity index (χ2n) is 9.65. The zero-order valence-electron chi connectivity index (χ0n) is 22.1. The van der Waals surface area contributed by atoms with Gasteiger partial charge in [-0.2, -0.15) is 18.2 Å². The van der Waals surface area contributed by atoms with Gasteiger partial charge in [0, 0.05) is 32.4 Å². The summed E-state index contributed by atoms with van der Waals surface area (Å²) >= 11 is 0. The van der Waals surface area contributed by atoms with E-state index in [4.69, 9.17) is 9.15 Å². The largest absolute Gasteiger partial charge is 0.491 e. The van der Waals surface area contributed by atoms with Gasteiger partial charge in [-0.15, -0.1) is 0 Å². The van der Waals surface area contributed by atoms with Gasteiger partial charge in [-0.3, -0.25) is 13.9 Å². The van der Waals surface area contributed by atoms with Crippen LogP contribution in [0, 0.1) is 0 Å². The number of carbonyl (C=O) groups is 1. The number of aromatic nitrogens is 5. The minimum absolute atomic E-state index is 0.0207. The van der Waals surface area contributed by atoms with E-state index in [1.54, 1.807) is 18.2 Å².